The van der Waals surface area contributed by atoms with Gasteiger partial charge in [0.15, 0.2) is 0 Å². The number of hydrogen-bond donors (Lipinski definition) is 0. The minimum absolute atomic E-state index is 0.171. The van der Waals surface area contributed by atoms with Crippen LogP contribution in [0.3, 0.4) is 0 Å². The summed E-state index contributed by atoms with van der Waals surface area (Å²) in [4.78, 5) is 4.56. The lowest BCUT2D eigenvalue weighted by atomic mass is 9.82. The van der Waals surface area contributed by atoms with Gasteiger partial charge in [-0.15, -0.1) is 0 Å². The first-order valence-electron chi connectivity index (χ1n) is 13.5. The molecule has 186 valence electrons. The van der Waals surface area contributed by atoms with Crippen molar-refractivity contribution in [1.82, 2.24) is 9.80 Å². The number of alkyl halides is 2. The molecule has 0 aromatic rings. The van der Waals surface area contributed by atoms with E-state index in [2.05, 4.69) is 16.7 Å². The van der Waals surface area contributed by atoms with E-state index in [4.69, 9.17) is 9.47 Å². The Kier molecular flexibility index (Phi) is 9.23. The molecule has 4 fully saturated rings. The van der Waals surface area contributed by atoms with Gasteiger partial charge in [0, 0.05) is 39.4 Å². The number of piperidine rings is 2. The Morgan fingerprint density at radius 3 is 2.03 bits per heavy atom. The van der Waals surface area contributed by atoms with Crippen LogP contribution in [0.5, 0.6) is 0 Å². The fourth-order valence-electron chi connectivity index (χ4n) is 6.35. The van der Waals surface area contributed by atoms with E-state index in [1.54, 1.807) is 0 Å². The summed E-state index contributed by atoms with van der Waals surface area (Å²) in [6, 6.07) is 0. The number of hydrogen-bond acceptors (Lipinski definition) is 4. The van der Waals surface area contributed by atoms with Crippen LogP contribution in [0, 0.1) is 23.7 Å². The van der Waals surface area contributed by atoms with Crippen molar-refractivity contribution in [2.45, 2.75) is 89.8 Å². The fraction of sp³-hybridized carbons (Fsp3) is 1.00. The minimum atomic E-state index is -0.735. The third-order valence-corrected chi connectivity index (χ3v) is 8.84. The van der Waals surface area contributed by atoms with E-state index in [9.17, 15) is 4.39 Å². The van der Waals surface area contributed by atoms with Gasteiger partial charge in [-0.2, -0.15) is 0 Å². The number of halogens is 2. The van der Waals surface area contributed by atoms with Crippen LogP contribution >= 0.6 is 0 Å². The molecule has 0 aromatic carbocycles. The molecule has 32 heavy (non-hydrogen) atoms. The molecule has 0 saturated carbocycles. The molecular weight excluding hydrogens is 410 g/mol. The molecule has 0 radical (unpaired) electrons. The van der Waals surface area contributed by atoms with Crippen LogP contribution in [0.1, 0.15) is 65.2 Å². The van der Waals surface area contributed by atoms with E-state index >= 15 is 4.39 Å². The molecule has 4 heterocycles. The van der Waals surface area contributed by atoms with Crippen molar-refractivity contribution < 1.29 is 18.3 Å². The molecule has 4 saturated heterocycles. The van der Waals surface area contributed by atoms with Crippen LogP contribution in [0.4, 0.5) is 8.78 Å². The molecule has 4 aliphatic heterocycles. The molecule has 1 unspecified atom stereocenters. The molecule has 4 rings (SSSR count). The number of likely N-dealkylation sites (tertiary alicyclic amines) is 2. The molecule has 0 aromatic heterocycles. The summed E-state index contributed by atoms with van der Waals surface area (Å²) in [5, 5.41) is 0. The highest BCUT2D eigenvalue weighted by molar-refractivity contribution is 4.87. The Balaban J connectivity index is 1.21. The summed E-state index contributed by atoms with van der Waals surface area (Å²) >= 11 is 0. The van der Waals surface area contributed by atoms with Crippen molar-refractivity contribution in [2.75, 3.05) is 52.5 Å². The van der Waals surface area contributed by atoms with Crippen LogP contribution in [0.15, 0.2) is 0 Å². The first-order chi connectivity index (χ1) is 15.5. The maximum absolute atomic E-state index is 15.1. The van der Waals surface area contributed by atoms with E-state index in [0.717, 1.165) is 77.9 Å². The summed E-state index contributed by atoms with van der Waals surface area (Å²) in [6.07, 6.45) is 7.55. The van der Waals surface area contributed by atoms with Crippen molar-refractivity contribution in [3.05, 3.63) is 0 Å². The molecule has 4 nitrogen and oxygen atoms in total. The highest BCUT2D eigenvalue weighted by atomic mass is 19.1. The monoisotopic (exact) mass is 456 g/mol. The van der Waals surface area contributed by atoms with Crippen molar-refractivity contribution in [2.24, 2.45) is 23.7 Å². The Bertz CT molecular complexity index is 568. The molecule has 6 heteroatoms. The second-order valence-corrected chi connectivity index (χ2v) is 11.3. The molecule has 4 aliphatic rings. The predicted molar refractivity (Wildman–Crippen MR) is 124 cm³/mol. The maximum atomic E-state index is 15.1. The molecule has 8 atom stereocenters. The van der Waals surface area contributed by atoms with Crippen molar-refractivity contribution in [3.8, 4) is 0 Å². The van der Waals surface area contributed by atoms with E-state index in [-0.39, 0.29) is 24.0 Å². The number of ether oxygens (including phenoxy) is 2. The molecule has 0 amide bonds. The van der Waals surface area contributed by atoms with Gasteiger partial charge >= 0.3 is 0 Å². The van der Waals surface area contributed by atoms with Gasteiger partial charge in [-0.1, -0.05) is 13.8 Å². The van der Waals surface area contributed by atoms with Crippen LogP contribution in [0.2, 0.25) is 0 Å². The molecule has 0 spiro atoms. The third-order valence-electron chi connectivity index (χ3n) is 8.84. The van der Waals surface area contributed by atoms with Crippen LogP contribution in [-0.2, 0) is 9.47 Å². The maximum Gasteiger partial charge on any atom is 0.116 e. The molecule has 0 N–H and O–H groups in total. The first-order valence-corrected chi connectivity index (χ1v) is 13.5. The smallest absolute Gasteiger partial charge is 0.116 e. The zero-order valence-electron chi connectivity index (χ0n) is 20.4. The van der Waals surface area contributed by atoms with Gasteiger partial charge in [0.05, 0.1) is 12.2 Å². The van der Waals surface area contributed by atoms with Gasteiger partial charge in [-0.3, -0.25) is 9.80 Å². The lowest BCUT2D eigenvalue weighted by Crippen LogP contribution is -2.48. The average molecular weight is 457 g/mol. The summed E-state index contributed by atoms with van der Waals surface area (Å²) in [5.41, 5.74) is 0. The normalized spacial score (nSPS) is 42.8. The van der Waals surface area contributed by atoms with Gasteiger partial charge in [-0.05, 0) is 88.1 Å². The molecular formula is C26H46F2N2O2. The van der Waals surface area contributed by atoms with E-state index < -0.39 is 12.3 Å². The van der Waals surface area contributed by atoms with Crippen LogP contribution in [0.25, 0.3) is 0 Å². The van der Waals surface area contributed by atoms with Crippen molar-refractivity contribution >= 4 is 0 Å². The topological polar surface area (TPSA) is 24.9 Å². The standard InChI is InChI=1S/C26H46F2N2O2/c1-19-9-11-29(15-23(19)27)18-26-22(6-4-14-32-26)8-7-21-10-12-30(16-24(21)28)17-25-20(2)5-3-13-31-25/h19-26H,3-18H2,1-2H3/t19-,20-,21-,22-,23+,24+,25+,26?/m1/s1. The summed E-state index contributed by atoms with van der Waals surface area (Å²) < 4.78 is 41.4. The SMILES string of the molecule is C[C@@H]1CCCO[C@H]1CN1CC[C@@H](CC[C@H]2CCCOC2CN2CC[C@@H](C)[C@@H](F)C2)[C@@H](F)C1. The molecule has 0 bridgehead atoms. The van der Waals surface area contributed by atoms with E-state index in [0.29, 0.717) is 24.9 Å². The summed E-state index contributed by atoms with van der Waals surface area (Å²) in [7, 11) is 0. The van der Waals surface area contributed by atoms with Crippen LogP contribution < -0.4 is 0 Å². The van der Waals surface area contributed by atoms with E-state index in [1.807, 2.05) is 6.92 Å². The number of nitrogens with zero attached hydrogens (tertiary/aromatic N) is 2. The average Bonchev–Trinajstić information content (AvgIpc) is 2.78. The van der Waals surface area contributed by atoms with Crippen LogP contribution in [-0.4, -0.2) is 86.8 Å². The Labute approximate surface area is 194 Å². The second-order valence-electron chi connectivity index (χ2n) is 11.3. The van der Waals surface area contributed by atoms with Gasteiger partial charge < -0.3 is 9.47 Å². The largest absolute Gasteiger partial charge is 0.377 e. The van der Waals surface area contributed by atoms with E-state index in [1.165, 1.54) is 12.8 Å². The van der Waals surface area contributed by atoms with Gasteiger partial charge in [0.25, 0.3) is 0 Å². The third kappa shape index (κ3) is 6.64. The highest BCUT2D eigenvalue weighted by Gasteiger charge is 2.35. The fourth-order valence-corrected chi connectivity index (χ4v) is 6.35. The van der Waals surface area contributed by atoms with Gasteiger partial charge in [-0.25, -0.2) is 8.78 Å². The Hall–Kier alpha value is -0.300. The van der Waals surface area contributed by atoms with Gasteiger partial charge in [0.2, 0.25) is 0 Å². The zero-order chi connectivity index (χ0) is 22.5. The molecule has 0 aliphatic carbocycles. The lowest BCUT2D eigenvalue weighted by Gasteiger charge is -2.41. The first kappa shape index (κ1) is 24.8. The highest BCUT2D eigenvalue weighted by Crippen LogP contribution is 2.33. The van der Waals surface area contributed by atoms with Crippen molar-refractivity contribution in [3.63, 3.8) is 0 Å². The van der Waals surface area contributed by atoms with Gasteiger partial charge in [0.1, 0.15) is 12.3 Å². The van der Waals surface area contributed by atoms with Crippen molar-refractivity contribution in [1.29, 1.82) is 0 Å². The lowest BCUT2D eigenvalue weighted by molar-refractivity contribution is -0.0611. The Morgan fingerprint density at radius 2 is 1.31 bits per heavy atom. The summed E-state index contributed by atoms with van der Waals surface area (Å²) in [5.74, 6) is 1.42. The number of rotatable bonds is 7. The predicted octanol–water partition coefficient (Wildman–Crippen LogP) is 4.72. The minimum Gasteiger partial charge on any atom is -0.377 e. The quantitative estimate of drug-likeness (QED) is 0.554. The Morgan fingerprint density at radius 1 is 0.688 bits per heavy atom. The zero-order valence-corrected chi connectivity index (χ0v) is 20.4. The summed E-state index contributed by atoms with van der Waals surface area (Å²) in [6.45, 7) is 10.8. The second kappa shape index (κ2) is 11.9.